The summed E-state index contributed by atoms with van der Waals surface area (Å²) in [4.78, 5) is 24.4. The van der Waals surface area contributed by atoms with Gasteiger partial charge in [0.15, 0.2) is 21.4 Å². The van der Waals surface area contributed by atoms with Crippen molar-refractivity contribution in [3.8, 4) is 0 Å². The van der Waals surface area contributed by atoms with Crippen LogP contribution in [0.3, 0.4) is 0 Å². The average Bonchev–Trinajstić information content (AvgIpc) is 3.28. The lowest BCUT2D eigenvalue weighted by Crippen LogP contribution is -2.08. The molecule has 0 unspecified atom stereocenters. The summed E-state index contributed by atoms with van der Waals surface area (Å²) in [6, 6.07) is 16.4. The third-order valence-electron chi connectivity index (χ3n) is 5.27. The molecule has 0 bridgehead atoms. The highest BCUT2D eigenvalue weighted by Crippen LogP contribution is 2.28. The number of rotatable bonds is 9. The lowest BCUT2D eigenvalue weighted by atomic mass is 10.0. The number of carbonyl (C=O) groups is 1. The molecule has 0 radical (unpaired) electrons. The largest absolute Gasteiger partial charge is 0.357 e. The maximum absolute atomic E-state index is 12.6. The molecule has 8 heteroatoms. The monoisotopic (exact) mass is 460 g/mol. The Bertz CT molecular complexity index is 1440. The summed E-state index contributed by atoms with van der Waals surface area (Å²) in [5.41, 5.74) is 3.74. The van der Waals surface area contributed by atoms with Gasteiger partial charge in [0.2, 0.25) is 0 Å². The van der Waals surface area contributed by atoms with E-state index in [2.05, 4.69) is 26.8 Å². The van der Waals surface area contributed by atoms with E-state index in [1.54, 1.807) is 37.4 Å². The van der Waals surface area contributed by atoms with Gasteiger partial charge >= 0.3 is 0 Å². The number of sulfone groups is 1. The topological polar surface area (TPSA) is 105 Å². The van der Waals surface area contributed by atoms with Crippen LogP contribution < -0.4 is 5.32 Å². The molecule has 2 aromatic carbocycles. The molecule has 4 rings (SSSR count). The molecule has 0 aliphatic rings. The van der Waals surface area contributed by atoms with Gasteiger partial charge < -0.3 is 10.3 Å². The second-order valence-corrected chi connectivity index (χ2v) is 9.84. The Morgan fingerprint density at radius 2 is 1.88 bits per heavy atom. The quantitative estimate of drug-likeness (QED) is 0.359. The first-order valence-electron chi connectivity index (χ1n) is 10.6. The van der Waals surface area contributed by atoms with Crippen molar-refractivity contribution in [1.82, 2.24) is 15.0 Å². The van der Waals surface area contributed by atoms with E-state index >= 15 is 0 Å². The van der Waals surface area contributed by atoms with Crippen molar-refractivity contribution in [2.45, 2.75) is 24.7 Å². The number of carbonyl (C=O) groups excluding carboxylic acids is 1. The standard InChI is InChI=1S/C25H24N4O3S/c1-3-19(30)15-17-8-7-9-18(14-17)16-23-27-21-12-13-26-24(21)25(29-23)28-20-10-5-6-11-22(20)33(31,32)4-2/h3,5-14,26H,1,4,15-16H2,2H3,(H,27,28,29). The molecule has 0 spiro atoms. The molecule has 0 saturated carbocycles. The molecule has 0 fully saturated rings. The first-order chi connectivity index (χ1) is 15.9. The molecule has 33 heavy (non-hydrogen) atoms. The van der Waals surface area contributed by atoms with Crippen LogP contribution in [0.4, 0.5) is 11.5 Å². The molecule has 2 N–H and O–H groups in total. The SMILES string of the molecule is C=CC(=O)Cc1cccc(Cc2nc(Nc3ccccc3S(=O)(=O)CC)c3[nH]ccc3n2)c1. The van der Waals surface area contributed by atoms with Crippen LogP contribution in [0, 0.1) is 0 Å². The van der Waals surface area contributed by atoms with Crippen LogP contribution in [0.2, 0.25) is 0 Å². The maximum atomic E-state index is 12.6. The fourth-order valence-corrected chi connectivity index (χ4v) is 4.64. The number of nitrogens with zero attached hydrogens (tertiary/aromatic N) is 2. The molecule has 0 amide bonds. The van der Waals surface area contributed by atoms with Crippen LogP contribution in [0.15, 0.2) is 78.3 Å². The maximum Gasteiger partial charge on any atom is 0.180 e. The minimum Gasteiger partial charge on any atom is -0.357 e. The number of fused-ring (bicyclic) bond motifs is 1. The highest BCUT2D eigenvalue weighted by molar-refractivity contribution is 7.91. The highest BCUT2D eigenvalue weighted by atomic mass is 32.2. The predicted molar refractivity (Wildman–Crippen MR) is 129 cm³/mol. The Morgan fingerprint density at radius 3 is 2.67 bits per heavy atom. The molecule has 2 aromatic heterocycles. The molecule has 7 nitrogen and oxygen atoms in total. The van der Waals surface area contributed by atoms with E-state index in [0.29, 0.717) is 35.7 Å². The lowest BCUT2D eigenvalue weighted by Gasteiger charge is -2.13. The number of aromatic amines is 1. The fourth-order valence-electron chi connectivity index (χ4n) is 3.59. The third-order valence-corrected chi connectivity index (χ3v) is 7.05. The average molecular weight is 461 g/mol. The summed E-state index contributed by atoms with van der Waals surface area (Å²) < 4.78 is 25.1. The summed E-state index contributed by atoms with van der Waals surface area (Å²) in [6.45, 7) is 5.14. The zero-order valence-electron chi connectivity index (χ0n) is 18.2. The number of H-pyrrole nitrogens is 1. The second kappa shape index (κ2) is 9.38. The molecule has 0 atom stereocenters. The van der Waals surface area contributed by atoms with Gasteiger partial charge in [0.25, 0.3) is 0 Å². The molecule has 2 heterocycles. The molecular weight excluding hydrogens is 436 g/mol. The van der Waals surface area contributed by atoms with Crippen molar-refractivity contribution < 1.29 is 13.2 Å². The summed E-state index contributed by atoms with van der Waals surface area (Å²) in [6.07, 6.45) is 3.85. The Balaban J connectivity index is 1.69. The predicted octanol–water partition coefficient (Wildman–Crippen LogP) is 4.38. The zero-order chi connectivity index (χ0) is 23.4. The van der Waals surface area contributed by atoms with Crippen LogP contribution in [0.1, 0.15) is 23.9 Å². The van der Waals surface area contributed by atoms with E-state index in [4.69, 9.17) is 0 Å². The number of allylic oxidation sites excluding steroid dienone is 1. The van der Waals surface area contributed by atoms with E-state index in [9.17, 15) is 13.2 Å². The van der Waals surface area contributed by atoms with Gasteiger partial charge in [0.1, 0.15) is 11.3 Å². The van der Waals surface area contributed by atoms with Crippen LogP contribution in [0.25, 0.3) is 11.0 Å². The first-order valence-corrected chi connectivity index (χ1v) is 12.2. The van der Waals surface area contributed by atoms with Gasteiger partial charge in [0, 0.05) is 19.0 Å². The fraction of sp³-hybridized carbons (Fsp3) is 0.160. The Kier molecular flexibility index (Phi) is 6.37. The van der Waals surface area contributed by atoms with E-state index in [1.807, 2.05) is 30.3 Å². The molecule has 0 aliphatic heterocycles. The second-order valence-electron chi connectivity index (χ2n) is 7.59. The van der Waals surface area contributed by atoms with Gasteiger partial charge in [0.05, 0.1) is 21.9 Å². The molecule has 4 aromatic rings. The van der Waals surface area contributed by atoms with Gasteiger partial charge in [-0.3, -0.25) is 4.79 Å². The van der Waals surface area contributed by atoms with E-state index < -0.39 is 9.84 Å². The lowest BCUT2D eigenvalue weighted by molar-refractivity contribution is -0.114. The zero-order valence-corrected chi connectivity index (χ0v) is 19.0. The number of hydrogen-bond acceptors (Lipinski definition) is 6. The highest BCUT2D eigenvalue weighted by Gasteiger charge is 2.18. The Morgan fingerprint density at radius 1 is 1.09 bits per heavy atom. The summed E-state index contributed by atoms with van der Waals surface area (Å²) in [5.74, 6) is 1.04. The van der Waals surface area contributed by atoms with Gasteiger partial charge in [-0.2, -0.15) is 0 Å². The molecule has 0 saturated heterocycles. The number of nitrogens with one attached hydrogen (secondary N) is 2. The number of benzene rings is 2. The van der Waals surface area contributed by atoms with E-state index in [0.717, 1.165) is 16.6 Å². The number of aromatic nitrogens is 3. The van der Waals surface area contributed by atoms with Crippen molar-refractivity contribution in [1.29, 1.82) is 0 Å². The number of para-hydroxylation sites is 1. The third kappa shape index (κ3) is 5.01. The summed E-state index contributed by atoms with van der Waals surface area (Å²) >= 11 is 0. The first kappa shape index (κ1) is 22.4. The van der Waals surface area contributed by atoms with Crippen LogP contribution >= 0.6 is 0 Å². The van der Waals surface area contributed by atoms with E-state index in [-0.39, 0.29) is 16.4 Å². The normalized spacial score (nSPS) is 11.4. The van der Waals surface area contributed by atoms with Gasteiger partial charge in [-0.1, -0.05) is 49.9 Å². The Hall–Kier alpha value is -3.78. The van der Waals surface area contributed by atoms with Crippen LogP contribution in [-0.2, 0) is 27.5 Å². The van der Waals surface area contributed by atoms with Crippen molar-refractivity contribution in [3.63, 3.8) is 0 Å². The summed E-state index contributed by atoms with van der Waals surface area (Å²) in [7, 11) is -3.42. The van der Waals surface area contributed by atoms with Crippen LogP contribution in [0.5, 0.6) is 0 Å². The minimum atomic E-state index is -3.42. The van der Waals surface area contributed by atoms with E-state index in [1.165, 1.54) is 6.08 Å². The van der Waals surface area contributed by atoms with Crippen molar-refractivity contribution in [2.24, 2.45) is 0 Å². The van der Waals surface area contributed by atoms with Gasteiger partial charge in [-0.25, -0.2) is 18.4 Å². The smallest absolute Gasteiger partial charge is 0.180 e. The van der Waals surface area contributed by atoms with Crippen molar-refractivity contribution in [2.75, 3.05) is 11.1 Å². The van der Waals surface area contributed by atoms with Gasteiger partial charge in [-0.15, -0.1) is 0 Å². The molecule has 0 aliphatic carbocycles. The minimum absolute atomic E-state index is 0.00330. The van der Waals surface area contributed by atoms with Gasteiger partial charge in [-0.05, 0) is 35.4 Å². The molecular formula is C25H24N4O3S. The van der Waals surface area contributed by atoms with Crippen LogP contribution in [-0.4, -0.2) is 34.9 Å². The van der Waals surface area contributed by atoms with Crippen molar-refractivity contribution >= 4 is 38.2 Å². The number of ketones is 1. The van der Waals surface area contributed by atoms with Crippen molar-refractivity contribution in [3.05, 3.63) is 90.4 Å². The number of hydrogen-bond donors (Lipinski definition) is 2. The Labute approximate surface area is 192 Å². The number of anilines is 2. The summed E-state index contributed by atoms with van der Waals surface area (Å²) in [5, 5.41) is 3.20. The molecule has 168 valence electrons.